The maximum absolute atomic E-state index is 13.1. The molecule has 0 bridgehead atoms. The number of nitrogens with one attached hydrogen (secondary N) is 1. The van der Waals surface area contributed by atoms with Crippen LogP contribution < -0.4 is 5.32 Å². The SMILES string of the molecule is O=C(NCCCCO)c1sc2cc(F)ccc2c1Cl. The largest absolute Gasteiger partial charge is 0.396 e. The lowest BCUT2D eigenvalue weighted by Crippen LogP contribution is -2.23. The molecule has 0 fully saturated rings. The van der Waals surface area contributed by atoms with Crippen molar-refractivity contribution in [3.8, 4) is 0 Å². The van der Waals surface area contributed by atoms with Gasteiger partial charge in [0.15, 0.2) is 0 Å². The normalized spacial score (nSPS) is 10.9. The molecule has 0 saturated heterocycles. The lowest BCUT2D eigenvalue weighted by molar-refractivity contribution is 0.0956. The van der Waals surface area contributed by atoms with Crippen molar-refractivity contribution in [1.82, 2.24) is 5.32 Å². The summed E-state index contributed by atoms with van der Waals surface area (Å²) in [7, 11) is 0. The van der Waals surface area contributed by atoms with Crippen LogP contribution in [0.15, 0.2) is 18.2 Å². The number of benzene rings is 1. The zero-order chi connectivity index (χ0) is 13.8. The second kappa shape index (κ2) is 6.32. The molecule has 0 spiro atoms. The highest BCUT2D eigenvalue weighted by Gasteiger charge is 2.16. The van der Waals surface area contributed by atoms with E-state index in [2.05, 4.69) is 5.32 Å². The number of thiophene rings is 1. The van der Waals surface area contributed by atoms with Gasteiger partial charge in [-0.1, -0.05) is 11.6 Å². The Hall–Kier alpha value is -1.17. The fourth-order valence-electron chi connectivity index (χ4n) is 1.70. The zero-order valence-corrected chi connectivity index (χ0v) is 11.7. The molecule has 2 rings (SSSR count). The van der Waals surface area contributed by atoms with Gasteiger partial charge in [0.2, 0.25) is 0 Å². The third kappa shape index (κ3) is 3.23. The van der Waals surface area contributed by atoms with Crippen LogP contribution in [0.25, 0.3) is 10.1 Å². The highest BCUT2D eigenvalue weighted by Crippen LogP contribution is 2.35. The van der Waals surface area contributed by atoms with Crippen molar-refractivity contribution >= 4 is 38.9 Å². The minimum Gasteiger partial charge on any atom is -0.396 e. The number of halogens is 2. The highest BCUT2D eigenvalue weighted by molar-refractivity contribution is 7.21. The first-order valence-electron chi connectivity index (χ1n) is 5.90. The van der Waals surface area contributed by atoms with Crippen LogP contribution in [0.1, 0.15) is 22.5 Å². The van der Waals surface area contributed by atoms with Crippen molar-refractivity contribution in [3.05, 3.63) is 33.9 Å². The Labute approximate surface area is 119 Å². The molecule has 102 valence electrons. The predicted octanol–water partition coefficient (Wildman–Crippen LogP) is 3.20. The number of carbonyl (C=O) groups is 1. The van der Waals surface area contributed by atoms with Crippen molar-refractivity contribution in [1.29, 1.82) is 0 Å². The minimum absolute atomic E-state index is 0.110. The van der Waals surface area contributed by atoms with Crippen LogP contribution in [0.2, 0.25) is 5.02 Å². The average Bonchev–Trinajstić information content (AvgIpc) is 2.71. The van der Waals surface area contributed by atoms with Gasteiger partial charge in [-0.05, 0) is 31.0 Å². The van der Waals surface area contributed by atoms with E-state index in [9.17, 15) is 9.18 Å². The van der Waals surface area contributed by atoms with E-state index < -0.39 is 0 Å². The first-order chi connectivity index (χ1) is 9.13. The second-order valence-corrected chi connectivity index (χ2v) is 5.50. The van der Waals surface area contributed by atoms with E-state index in [-0.39, 0.29) is 18.3 Å². The third-order valence-electron chi connectivity index (χ3n) is 2.67. The molecule has 1 aromatic heterocycles. The number of unbranched alkanes of at least 4 members (excludes halogenated alkanes) is 1. The maximum Gasteiger partial charge on any atom is 0.262 e. The summed E-state index contributed by atoms with van der Waals surface area (Å²) in [5.74, 6) is -0.607. The molecule has 0 atom stereocenters. The quantitative estimate of drug-likeness (QED) is 0.833. The van der Waals surface area contributed by atoms with Gasteiger partial charge in [0, 0.05) is 23.2 Å². The molecule has 6 heteroatoms. The summed E-state index contributed by atoms with van der Waals surface area (Å²) in [4.78, 5) is 12.3. The first-order valence-corrected chi connectivity index (χ1v) is 7.09. The number of aliphatic hydroxyl groups excluding tert-OH is 1. The molecule has 0 saturated carbocycles. The summed E-state index contributed by atoms with van der Waals surface area (Å²) < 4.78 is 13.8. The summed E-state index contributed by atoms with van der Waals surface area (Å²) in [6.07, 6.45) is 1.35. The van der Waals surface area contributed by atoms with E-state index in [1.165, 1.54) is 23.5 Å². The molecule has 2 aromatic rings. The van der Waals surface area contributed by atoms with Crippen molar-refractivity contribution in [2.24, 2.45) is 0 Å². The number of rotatable bonds is 5. The summed E-state index contributed by atoms with van der Waals surface area (Å²) in [6.45, 7) is 0.594. The maximum atomic E-state index is 13.1. The van der Waals surface area contributed by atoms with Crippen molar-refractivity contribution in [2.45, 2.75) is 12.8 Å². The van der Waals surface area contributed by atoms with Crippen LogP contribution in [-0.2, 0) is 0 Å². The molecule has 0 aliphatic heterocycles. The van der Waals surface area contributed by atoms with Crippen molar-refractivity contribution in [3.63, 3.8) is 0 Å². The Bertz CT molecular complexity index is 600. The number of amides is 1. The van der Waals surface area contributed by atoms with Crippen LogP contribution in [-0.4, -0.2) is 24.2 Å². The molecule has 2 N–H and O–H groups in total. The number of hydrogen-bond donors (Lipinski definition) is 2. The Morgan fingerprint density at radius 2 is 2.21 bits per heavy atom. The summed E-state index contributed by atoms with van der Waals surface area (Å²) in [6, 6.07) is 4.27. The summed E-state index contributed by atoms with van der Waals surface area (Å²) in [5, 5.41) is 12.4. The van der Waals surface area contributed by atoms with E-state index >= 15 is 0 Å². The number of hydrogen-bond acceptors (Lipinski definition) is 3. The lowest BCUT2D eigenvalue weighted by atomic mass is 10.2. The van der Waals surface area contributed by atoms with Gasteiger partial charge in [0.05, 0.1) is 5.02 Å². The highest BCUT2D eigenvalue weighted by atomic mass is 35.5. The van der Waals surface area contributed by atoms with E-state index in [0.717, 1.165) is 0 Å². The van der Waals surface area contributed by atoms with Gasteiger partial charge in [-0.2, -0.15) is 0 Å². The molecule has 0 radical (unpaired) electrons. The topological polar surface area (TPSA) is 49.3 Å². The minimum atomic E-state index is -0.347. The number of carbonyl (C=O) groups excluding carboxylic acids is 1. The summed E-state index contributed by atoms with van der Waals surface area (Å²) >= 11 is 7.31. The van der Waals surface area contributed by atoms with Crippen LogP contribution in [0, 0.1) is 5.82 Å². The molecule has 1 amide bonds. The molecule has 1 aromatic carbocycles. The zero-order valence-electron chi connectivity index (χ0n) is 10.1. The van der Waals surface area contributed by atoms with Gasteiger partial charge in [-0.15, -0.1) is 11.3 Å². The van der Waals surface area contributed by atoms with E-state index in [4.69, 9.17) is 16.7 Å². The Morgan fingerprint density at radius 1 is 1.42 bits per heavy atom. The fraction of sp³-hybridized carbons (Fsp3) is 0.308. The van der Waals surface area contributed by atoms with Crippen LogP contribution in [0.4, 0.5) is 4.39 Å². The second-order valence-electron chi connectivity index (χ2n) is 4.07. The van der Waals surface area contributed by atoms with E-state index in [1.54, 1.807) is 6.07 Å². The standard InChI is InChI=1S/C13H13ClFNO2S/c14-11-9-4-3-8(15)7-10(9)19-12(11)13(18)16-5-1-2-6-17/h3-4,7,17H,1-2,5-6H2,(H,16,18). The van der Waals surface area contributed by atoms with Crippen LogP contribution in [0.5, 0.6) is 0 Å². The molecular weight excluding hydrogens is 289 g/mol. The van der Waals surface area contributed by atoms with Gasteiger partial charge in [0.25, 0.3) is 5.91 Å². The predicted molar refractivity (Wildman–Crippen MR) is 75.4 cm³/mol. The first kappa shape index (κ1) is 14.2. The molecule has 0 aliphatic rings. The Morgan fingerprint density at radius 3 is 2.95 bits per heavy atom. The van der Waals surface area contributed by atoms with E-state index in [1.807, 2.05) is 0 Å². The Kier molecular flexibility index (Phi) is 4.74. The smallest absolute Gasteiger partial charge is 0.262 e. The number of aliphatic hydroxyl groups is 1. The third-order valence-corrected chi connectivity index (χ3v) is 4.32. The van der Waals surface area contributed by atoms with Gasteiger partial charge in [-0.3, -0.25) is 4.79 Å². The van der Waals surface area contributed by atoms with Crippen molar-refractivity contribution in [2.75, 3.05) is 13.2 Å². The molecule has 3 nitrogen and oxygen atoms in total. The molecule has 0 aliphatic carbocycles. The molecule has 19 heavy (non-hydrogen) atoms. The van der Waals surface area contributed by atoms with Gasteiger partial charge in [0.1, 0.15) is 10.7 Å². The van der Waals surface area contributed by atoms with Crippen molar-refractivity contribution < 1.29 is 14.3 Å². The molecule has 0 unspecified atom stereocenters. The molecule has 1 heterocycles. The summed E-state index contributed by atoms with van der Waals surface area (Å²) in [5.41, 5.74) is 0. The average molecular weight is 302 g/mol. The molecular formula is C13H13ClFNO2S. The van der Waals surface area contributed by atoms with Gasteiger partial charge in [-0.25, -0.2) is 4.39 Å². The van der Waals surface area contributed by atoms with Gasteiger partial charge >= 0.3 is 0 Å². The fourth-order valence-corrected chi connectivity index (χ4v) is 3.16. The number of fused-ring (bicyclic) bond motifs is 1. The monoisotopic (exact) mass is 301 g/mol. The van der Waals surface area contributed by atoms with E-state index in [0.29, 0.717) is 39.4 Å². The van der Waals surface area contributed by atoms with Crippen LogP contribution >= 0.6 is 22.9 Å². The lowest BCUT2D eigenvalue weighted by Gasteiger charge is -2.02. The Balaban J connectivity index is 2.15. The van der Waals surface area contributed by atoms with Gasteiger partial charge < -0.3 is 10.4 Å². The van der Waals surface area contributed by atoms with Crippen LogP contribution in [0.3, 0.4) is 0 Å².